The predicted octanol–water partition coefficient (Wildman–Crippen LogP) is 5.20. The van der Waals surface area contributed by atoms with Gasteiger partial charge in [-0.25, -0.2) is 4.79 Å². The van der Waals surface area contributed by atoms with Gasteiger partial charge in [0.1, 0.15) is 0 Å². The Morgan fingerprint density at radius 2 is 2.12 bits per heavy atom. The summed E-state index contributed by atoms with van der Waals surface area (Å²) in [6.45, 7) is 3.19. The van der Waals surface area contributed by atoms with Crippen LogP contribution in [-0.4, -0.2) is 46.6 Å². The Bertz CT molecular complexity index is 1120. The molecule has 1 fully saturated rings. The Hall–Kier alpha value is -2.62. The normalized spacial score (nSPS) is 21.3. The average molecular weight is 469 g/mol. The summed E-state index contributed by atoms with van der Waals surface area (Å²) in [4.78, 5) is 21.7. The van der Waals surface area contributed by atoms with E-state index >= 15 is 0 Å². The van der Waals surface area contributed by atoms with E-state index < -0.39 is 0 Å². The van der Waals surface area contributed by atoms with Gasteiger partial charge in [-0.2, -0.15) is 4.98 Å². The van der Waals surface area contributed by atoms with Crippen LogP contribution < -0.4 is 5.32 Å². The number of allylic oxidation sites excluding steroid dienone is 1. The van der Waals surface area contributed by atoms with E-state index in [1.165, 1.54) is 0 Å². The lowest BCUT2D eigenvalue weighted by Crippen LogP contribution is -2.48. The van der Waals surface area contributed by atoms with Gasteiger partial charge in [-0.05, 0) is 55.2 Å². The summed E-state index contributed by atoms with van der Waals surface area (Å²) >= 11 is 3.24. The number of nitrogens with zero attached hydrogens (tertiary/aromatic N) is 3. The highest BCUT2D eigenvalue weighted by molar-refractivity contribution is 7.98. The van der Waals surface area contributed by atoms with E-state index in [1.807, 2.05) is 42.8 Å². The second-order valence-electron chi connectivity index (χ2n) is 7.80. The van der Waals surface area contributed by atoms with Gasteiger partial charge < -0.3 is 14.6 Å². The van der Waals surface area contributed by atoms with E-state index in [1.54, 1.807) is 28.0 Å². The molecule has 4 heterocycles. The Balaban J connectivity index is 1.56. The van der Waals surface area contributed by atoms with Crippen molar-refractivity contribution in [1.29, 1.82) is 0 Å². The molecule has 2 unspecified atom stereocenters. The number of benzene rings is 1. The van der Waals surface area contributed by atoms with Crippen LogP contribution in [0.25, 0.3) is 16.3 Å². The van der Waals surface area contributed by atoms with Crippen molar-refractivity contribution in [2.75, 3.05) is 19.4 Å². The van der Waals surface area contributed by atoms with E-state index in [0.29, 0.717) is 18.3 Å². The van der Waals surface area contributed by atoms with E-state index in [-0.39, 0.29) is 18.2 Å². The average Bonchev–Trinajstić information content (AvgIpc) is 3.59. The lowest BCUT2D eigenvalue weighted by molar-refractivity contribution is 0.0877. The zero-order valence-corrected chi connectivity index (χ0v) is 19.5. The van der Waals surface area contributed by atoms with Crippen LogP contribution in [-0.2, 0) is 4.74 Å². The molecule has 0 bridgehead atoms. The number of ether oxygens (including phenoxy) is 1. The molecule has 2 amide bonds. The van der Waals surface area contributed by atoms with Crippen molar-refractivity contribution < 1.29 is 14.1 Å². The molecule has 5 rings (SSSR count). The molecule has 2 aliphatic heterocycles. The monoisotopic (exact) mass is 468 g/mol. The molecule has 1 N–H and O–H groups in total. The molecule has 3 aromatic rings. The van der Waals surface area contributed by atoms with Crippen LogP contribution in [0.4, 0.5) is 4.79 Å². The lowest BCUT2D eigenvalue weighted by atomic mass is 9.94. The zero-order chi connectivity index (χ0) is 22.1. The number of carbonyl (C=O) groups is 1. The number of amides is 2. The molecular formula is C23H24N4O3S2. The van der Waals surface area contributed by atoms with Crippen molar-refractivity contribution in [2.24, 2.45) is 0 Å². The molecule has 0 spiro atoms. The molecule has 1 aromatic carbocycles. The molecular weight excluding hydrogens is 444 g/mol. The highest BCUT2D eigenvalue weighted by Gasteiger charge is 2.37. The quantitative estimate of drug-likeness (QED) is 0.501. The van der Waals surface area contributed by atoms with Crippen LogP contribution in [0.1, 0.15) is 37.3 Å². The number of nitrogens with one attached hydrogen (secondary N) is 1. The van der Waals surface area contributed by atoms with Crippen LogP contribution in [0.15, 0.2) is 56.9 Å². The number of hydrogen-bond acceptors (Lipinski definition) is 7. The van der Waals surface area contributed by atoms with Crippen molar-refractivity contribution in [3.8, 4) is 10.7 Å². The standard InChI is InChI=1S/C23H24N4O3S2/c1-14-19(22-25-21(26-30-22)18-6-4-12-32-18)20(15-7-9-17(31-2)10-8-15)24-23(28)27(14)13-16-5-3-11-29-16/h4,6-10,12,16,20H,3,5,11,13H2,1-2H3,(H,24,28). The van der Waals surface area contributed by atoms with Gasteiger partial charge in [0.15, 0.2) is 0 Å². The molecule has 2 aliphatic rings. The fourth-order valence-corrected chi connectivity index (χ4v) is 5.21. The van der Waals surface area contributed by atoms with Gasteiger partial charge in [0.05, 0.1) is 29.1 Å². The summed E-state index contributed by atoms with van der Waals surface area (Å²) < 4.78 is 11.5. The highest BCUT2D eigenvalue weighted by Crippen LogP contribution is 2.38. The third kappa shape index (κ3) is 4.07. The van der Waals surface area contributed by atoms with Crippen LogP contribution in [0.3, 0.4) is 0 Å². The van der Waals surface area contributed by atoms with E-state index in [4.69, 9.17) is 9.26 Å². The highest BCUT2D eigenvalue weighted by atomic mass is 32.2. The minimum Gasteiger partial charge on any atom is -0.376 e. The lowest BCUT2D eigenvalue weighted by Gasteiger charge is -2.36. The maximum atomic E-state index is 13.1. The Morgan fingerprint density at radius 1 is 1.28 bits per heavy atom. The van der Waals surface area contributed by atoms with Gasteiger partial charge in [-0.1, -0.05) is 23.4 Å². The smallest absolute Gasteiger partial charge is 0.322 e. The summed E-state index contributed by atoms with van der Waals surface area (Å²) in [5.41, 5.74) is 2.59. The second-order valence-corrected chi connectivity index (χ2v) is 9.63. The zero-order valence-electron chi connectivity index (χ0n) is 17.9. The van der Waals surface area contributed by atoms with Crippen LogP contribution in [0.2, 0.25) is 0 Å². The van der Waals surface area contributed by atoms with E-state index in [9.17, 15) is 4.79 Å². The number of thioether (sulfide) groups is 1. The number of urea groups is 1. The molecule has 2 atom stereocenters. The first kappa shape index (κ1) is 21.2. The van der Waals surface area contributed by atoms with Crippen LogP contribution in [0, 0.1) is 0 Å². The maximum Gasteiger partial charge on any atom is 0.322 e. The largest absolute Gasteiger partial charge is 0.376 e. The van der Waals surface area contributed by atoms with Crippen molar-refractivity contribution in [1.82, 2.24) is 20.4 Å². The molecule has 166 valence electrons. The third-order valence-electron chi connectivity index (χ3n) is 5.85. The molecule has 9 heteroatoms. The fourth-order valence-electron chi connectivity index (χ4n) is 4.16. The van der Waals surface area contributed by atoms with Crippen molar-refractivity contribution in [2.45, 2.75) is 36.8 Å². The SMILES string of the molecule is CSc1ccc(C2NC(=O)N(CC3CCCO3)C(C)=C2c2nc(-c3cccs3)no2)cc1. The molecule has 1 saturated heterocycles. The molecule has 7 nitrogen and oxygen atoms in total. The van der Waals surface area contributed by atoms with E-state index in [0.717, 1.165) is 46.1 Å². The molecule has 0 aliphatic carbocycles. The number of aromatic nitrogens is 2. The van der Waals surface area contributed by atoms with Crippen molar-refractivity contribution >= 4 is 34.7 Å². The first-order valence-corrected chi connectivity index (χ1v) is 12.7. The molecule has 0 saturated carbocycles. The van der Waals surface area contributed by atoms with Crippen molar-refractivity contribution in [3.63, 3.8) is 0 Å². The molecule has 2 aromatic heterocycles. The van der Waals surface area contributed by atoms with Gasteiger partial charge in [0.25, 0.3) is 5.89 Å². The Morgan fingerprint density at radius 3 is 2.81 bits per heavy atom. The van der Waals surface area contributed by atoms with Crippen molar-refractivity contribution in [3.05, 3.63) is 58.9 Å². The van der Waals surface area contributed by atoms with Crippen LogP contribution >= 0.6 is 23.1 Å². The first-order valence-electron chi connectivity index (χ1n) is 10.6. The second kappa shape index (κ2) is 9.09. The minimum absolute atomic E-state index is 0.0405. The topological polar surface area (TPSA) is 80.5 Å². The Labute approximate surface area is 194 Å². The number of thiophene rings is 1. The van der Waals surface area contributed by atoms with Gasteiger partial charge in [0, 0.05) is 17.2 Å². The summed E-state index contributed by atoms with van der Waals surface area (Å²) in [5, 5.41) is 9.34. The maximum absolute atomic E-state index is 13.1. The number of hydrogen-bond donors (Lipinski definition) is 1. The fraction of sp³-hybridized carbons (Fsp3) is 0.348. The molecule has 32 heavy (non-hydrogen) atoms. The predicted molar refractivity (Wildman–Crippen MR) is 125 cm³/mol. The Kier molecular flexibility index (Phi) is 6.03. The van der Waals surface area contributed by atoms with Gasteiger partial charge in [-0.3, -0.25) is 4.90 Å². The van der Waals surface area contributed by atoms with Crippen LogP contribution in [0.5, 0.6) is 0 Å². The third-order valence-corrected chi connectivity index (χ3v) is 7.46. The number of carbonyl (C=O) groups excluding carboxylic acids is 1. The summed E-state index contributed by atoms with van der Waals surface area (Å²) in [6, 6.07) is 11.6. The minimum atomic E-state index is -0.379. The molecule has 0 radical (unpaired) electrons. The summed E-state index contributed by atoms with van der Waals surface area (Å²) in [7, 11) is 0. The summed E-state index contributed by atoms with van der Waals surface area (Å²) in [6.07, 6.45) is 4.06. The van der Waals surface area contributed by atoms with Gasteiger partial charge >= 0.3 is 6.03 Å². The number of rotatable bonds is 6. The van der Waals surface area contributed by atoms with E-state index in [2.05, 4.69) is 27.6 Å². The van der Waals surface area contributed by atoms with Gasteiger partial charge in [-0.15, -0.1) is 23.1 Å². The summed E-state index contributed by atoms with van der Waals surface area (Å²) in [5.74, 6) is 0.969. The van der Waals surface area contributed by atoms with Gasteiger partial charge in [0.2, 0.25) is 5.82 Å². The first-order chi connectivity index (χ1) is 15.6.